The van der Waals surface area contributed by atoms with Crippen molar-refractivity contribution in [1.82, 2.24) is 0 Å². The Balaban J connectivity index is 1.06. The largest absolute Gasteiger partial charge is 0.307 e. The number of anilines is 6. The first kappa shape index (κ1) is 41.9. The second-order valence-corrected chi connectivity index (χ2v) is 17.2. The second kappa shape index (κ2) is 16.7. The minimum Gasteiger partial charge on any atom is -0.307 e. The van der Waals surface area contributed by atoms with Crippen LogP contribution in [0.25, 0.3) is 76.1 Å². The first-order valence-corrected chi connectivity index (χ1v) is 22.5. The van der Waals surface area contributed by atoms with Gasteiger partial charge in [-0.2, -0.15) is 10.5 Å². The Kier molecular flexibility index (Phi) is 9.98. The number of halogens is 4. The summed E-state index contributed by atoms with van der Waals surface area (Å²) in [6.45, 7) is 0. The number of hydrogen-bond donors (Lipinski definition) is 0. The first-order valence-electron chi connectivity index (χ1n) is 22.5. The lowest BCUT2D eigenvalue weighted by atomic mass is 9.91. The van der Waals surface area contributed by atoms with Crippen molar-refractivity contribution in [2.45, 2.75) is 0 Å². The van der Waals surface area contributed by atoms with Gasteiger partial charge in [0.15, 0.2) is 0 Å². The molecule has 70 heavy (non-hydrogen) atoms. The molecule has 0 fully saturated rings. The molecule has 0 atom stereocenters. The van der Waals surface area contributed by atoms with E-state index < -0.39 is 23.3 Å². The van der Waals surface area contributed by atoms with E-state index in [1.165, 1.54) is 24.3 Å². The molecule has 0 aliphatic rings. The summed E-state index contributed by atoms with van der Waals surface area (Å²) in [5, 5.41) is 27.5. The Labute approximate surface area is 399 Å². The Hall–Kier alpha value is -9.50. The standard InChI is InChI=1S/C62H34F4N4/c63-53-33-59(55(65)31-51(53)47-13-5-9-39-7-1-3-11-45(39)47)69(43-23-15-37(35-67)16-24-43)57-29-21-41-20-28-50-58(30-22-42-19-27-49(57)61(41)62(42)50)70(44-25-17-38(36-68)18-26-44)60-34-54(64)52(32-56(60)66)48-14-6-10-40-8-2-4-12-46(40)48/h1-34H. The maximum absolute atomic E-state index is 17.1. The van der Waals surface area contributed by atoms with Crippen molar-refractivity contribution in [3.05, 3.63) is 241 Å². The van der Waals surface area contributed by atoms with Crippen LogP contribution < -0.4 is 9.80 Å². The van der Waals surface area contributed by atoms with Gasteiger partial charge < -0.3 is 9.80 Å². The molecule has 0 N–H and O–H groups in total. The SMILES string of the molecule is N#Cc1ccc(N(c2cc(F)c(-c3cccc4ccccc34)cc2F)c2ccc3ccc4c(N(c5ccc(C#N)cc5)c5cc(F)c(-c6cccc7ccccc67)cc5F)ccc5ccc2c3c54)cc1. The molecule has 0 heterocycles. The van der Waals surface area contributed by atoms with Crippen molar-refractivity contribution in [1.29, 1.82) is 10.5 Å². The predicted octanol–water partition coefficient (Wildman–Crippen LogP) is 17.5. The van der Waals surface area contributed by atoms with Crippen molar-refractivity contribution in [2.24, 2.45) is 0 Å². The molecule has 0 saturated carbocycles. The molecule has 0 aromatic heterocycles. The van der Waals surface area contributed by atoms with Crippen LogP contribution >= 0.6 is 0 Å². The molecule has 0 saturated heterocycles. The van der Waals surface area contributed by atoms with E-state index in [9.17, 15) is 10.5 Å². The van der Waals surface area contributed by atoms with Crippen LogP contribution in [-0.4, -0.2) is 0 Å². The molecule has 12 rings (SSSR count). The highest BCUT2D eigenvalue weighted by Crippen LogP contribution is 2.49. The van der Waals surface area contributed by atoms with Gasteiger partial charge in [-0.05, 0) is 127 Å². The van der Waals surface area contributed by atoms with Gasteiger partial charge in [0.1, 0.15) is 23.3 Å². The zero-order chi connectivity index (χ0) is 47.6. The minimum atomic E-state index is -0.666. The maximum Gasteiger partial charge on any atom is 0.148 e. The molecule has 0 bridgehead atoms. The Morgan fingerprint density at radius 3 is 1.10 bits per heavy atom. The van der Waals surface area contributed by atoms with Crippen molar-refractivity contribution >= 4 is 88.0 Å². The summed E-state index contributed by atoms with van der Waals surface area (Å²) < 4.78 is 67.7. The van der Waals surface area contributed by atoms with Crippen LogP contribution in [0, 0.1) is 45.9 Å². The van der Waals surface area contributed by atoms with E-state index in [-0.39, 0.29) is 22.5 Å². The van der Waals surface area contributed by atoms with Crippen molar-refractivity contribution in [3.8, 4) is 34.4 Å². The van der Waals surface area contributed by atoms with Crippen LogP contribution in [-0.2, 0) is 0 Å². The van der Waals surface area contributed by atoms with Gasteiger partial charge in [-0.3, -0.25) is 0 Å². The van der Waals surface area contributed by atoms with Crippen LogP contribution in [0.1, 0.15) is 11.1 Å². The van der Waals surface area contributed by atoms with E-state index in [2.05, 4.69) is 12.1 Å². The molecule has 0 radical (unpaired) electrons. The maximum atomic E-state index is 17.1. The number of rotatable bonds is 8. The zero-order valence-electron chi connectivity index (χ0n) is 36.9. The summed E-state index contributed by atoms with van der Waals surface area (Å²) in [6.07, 6.45) is 0. The number of nitriles is 2. The summed E-state index contributed by atoms with van der Waals surface area (Å²) in [5.41, 5.74) is 4.11. The molecule has 0 aliphatic heterocycles. The molecule has 0 spiro atoms. The van der Waals surface area contributed by atoms with Crippen LogP contribution in [0.3, 0.4) is 0 Å². The molecular weight excluding hydrogens is 877 g/mol. The number of nitrogens with zero attached hydrogens (tertiary/aromatic N) is 4. The van der Waals surface area contributed by atoms with Gasteiger partial charge in [-0.1, -0.05) is 121 Å². The summed E-state index contributed by atoms with van der Waals surface area (Å²) in [6, 6.07) is 64.2. The highest BCUT2D eigenvalue weighted by atomic mass is 19.1. The van der Waals surface area contributed by atoms with Crippen LogP contribution in [0.15, 0.2) is 206 Å². The highest BCUT2D eigenvalue weighted by Gasteiger charge is 2.27. The highest BCUT2D eigenvalue weighted by molar-refractivity contribution is 6.28. The lowest BCUT2D eigenvalue weighted by Crippen LogP contribution is -2.14. The third kappa shape index (κ3) is 6.81. The molecule has 8 heteroatoms. The fourth-order valence-electron chi connectivity index (χ4n) is 10.1. The van der Waals surface area contributed by atoms with Gasteiger partial charge in [0.2, 0.25) is 0 Å². The van der Waals surface area contributed by atoms with E-state index >= 15 is 17.6 Å². The lowest BCUT2D eigenvalue weighted by Gasteiger charge is -2.30. The Bertz CT molecular complexity index is 3870. The zero-order valence-corrected chi connectivity index (χ0v) is 36.9. The van der Waals surface area contributed by atoms with Crippen molar-refractivity contribution in [2.75, 3.05) is 9.80 Å². The third-order valence-corrected chi connectivity index (χ3v) is 13.3. The molecular formula is C62H34F4N4. The summed E-state index contributed by atoms with van der Waals surface area (Å²) in [5.74, 6) is -2.57. The van der Waals surface area contributed by atoms with E-state index in [4.69, 9.17) is 0 Å². The quantitative estimate of drug-likeness (QED) is 0.113. The fourth-order valence-corrected chi connectivity index (χ4v) is 10.1. The van der Waals surface area contributed by atoms with Gasteiger partial charge in [0.05, 0.1) is 46.0 Å². The smallest absolute Gasteiger partial charge is 0.148 e. The topological polar surface area (TPSA) is 54.1 Å². The van der Waals surface area contributed by atoms with Gasteiger partial charge >= 0.3 is 0 Å². The van der Waals surface area contributed by atoms with Gasteiger partial charge in [-0.15, -0.1) is 0 Å². The van der Waals surface area contributed by atoms with E-state index in [1.54, 1.807) is 70.5 Å². The predicted molar refractivity (Wildman–Crippen MR) is 275 cm³/mol. The van der Waals surface area contributed by atoms with E-state index in [1.807, 2.05) is 121 Å². The number of fused-ring (bicyclic) bond motifs is 2. The lowest BCUT2D eigenvalue weighted by molar-refractivity contribution is 0.604. The molecule has 0 amide bonds. The summed E-state index contributed by atoms with van der Waals surface area (Å²) in [4.78, 5) is 3.33. The molecule has 4 nitrogen and oxygen atoms in total. The van der Waals surface area contributed by atoms with Crippen LogP contribution in [0.2, 0.25) is 0 Å². The average molecular weight is 911 g/mol. The van der Waals surface area contributed by atoms with Crippen LogP contribution in [0.5, 0.6) is 0 Å². The Morgan fingerprint density at radius 2 is 0.686 bits per heavy atom. The third-order valence-electron chi connectivity index (χ3n) is 13.3. The van der Waals surface area contributed by atoms with Gasteiger partial charge in [0.25, 0.3) is 0 Å². The van der Waals surface area contributed by atoms with Crippen LogP contribution in [0.4, 0.5) is 51.7 Å². The second-order valence-electron chi connectivity index (χ2n) is 17.2. The average Bonchev–Trinajstić information content (AvgIpc) is 3.40. The number of hydrogen-bond acceptors (Lipinski definition) is 4. The number of benzene rings is 12. The minimum absolute atomic E-state index is 0.0432. The normalized spacial score (nSPS) is 11.4. The molecule has 12 aromatic rings. The van der Waals surface area contributed by atoms with Gasteiger partial charge in [0, 0.05) is 45.4 Å². The Morgan fingerprint density at radius 1 is 0.300 bits per heavy atom. The molecule has 330 valence electrons. The fraction of sp³-hybridized carbons (Fsp3) is 0. The van der Waals surface area contributed by atoms with E-state index in [0.717, 1.165) is 43.1 Å². The first-order chi connectivity index (χ1) is 34.3. The summed E-state index contributed by atoms with van der Waals surface area (Å²) in [7, 11) is 0. The molecule has 0 aliphatic carbocycles. The monoisotopic (exact) mass is 910 g/mol. The van der Waals surface area contributed by atoms with Crippen molar-refractivity contribution < 1.29 is 17.6 Å². The van der Waals surface area contributed by atoms with E-state index in [0.29, 0.717) is 55.8 Å². The molecule has 12 aromatic carbocycles. The molecule has 0 unspecified atom stereocenters. The summed E-state index contributed by atoms with van der Waals surface area (Å²) >= 11 is 0. The van der Waals surface area contributed by atoms with Crippen molar-refractivity contribution in [3.63, 3.8) is 0 Å². The van der Waals surface area contributed by atoms with Gasteiger partial charge in [-0.25, -0.2) is 17.6 Å².